The molecule has 27 heavy (non-hydrogen) atoms. The number of carboxylic acid groups (broad SMARTS) is 1. The van der Waals surface area contributed by atoms with E-state index in [1.54, 1.807) is 18.0 Å². The van der Waals surface area contributed by atoms with Gasteiger partial charge >= 0.3 is 5.97 Å². The highest BCUT2D eigenvalue weighted by Gasteiger charge is 2.28. The zero-order valence-corrected chi connectivity index (χ0v) is 15.1. The van der Waals surface area contributed by atoms with Gasteiger partial charge in [0.1, 0.15) is 17.1 Å². The number of fused-ring (bicyclic) bond motifs is 1. The van der Waals surface area contributed by atoms with E-state index in [-0.39, 0.29) is 30.3 Å². The molecule has 2 amide bonds. The van der Waals surface area contributed by atoms with Gasteiger partial charge in [0.25, 0.3) is 0 Å². The molecule has 2 heterocycles. The Morgan fingerprint density at radius 2 is 2.00 bits per heavy atom. The Morgan fingerprint density at radius 1 is 1.26 bits per heavy atom. The molecule has 140 valence electrons. The van der Waals surface area contributed by atoms with Crippen molar-refractivity contribution in [1.29, 1.82) is 0 Å². The van der Waals surface area contributed by atoms with Gasteiger partial charge in [0.15, 0.2) is 0 Å². The maximum Gasteiger partial charge on any atom is 0.339 e. The third kappa shape index (κ3) is 3.92. The first-order valence-corrected chi connectivity index (χ1v) is 8.52. The van der Waals surface area contributed by atoms with Crippen LogP contribution >= 0.6 is 0 Å². The minimum Gasteiger partial charge on any atom is -0.478 e. The Morgan fingerprint density at radius 3 is 2.67 bits per heavy atom. The number of hydrogen-bond acceptors (Lipinski definition) is 4. The molecule has 1 unspecified atom stereocenters. The van der Waals surface area contributed by atoms with Gasteiger partial charge in [-0.2, -0.15) is 0 Å². The minimum atomic E-state index is -1.07. The maximum absolute atomic E-state index is 12.5. The van der Waals surface area contributed by atoms with Crippen LogP contribution in [0, 0.1) is 6.92 Å². The third-order valence-electron chi connectivity index (χ3n) is 4.51. The monoisotopic (exact) mass is 368 g/mol. The van der Waals surface area contributed by atoms with E-state index >= 15 is 0 Å². The number of amides is 2. The molecule has 1 aliphatic heterocycles. The second-order valence-corrected chi connectivity index (χ2v) is 6.36. The Hall–Kier alpha value is -3.35. The molecule has 2 aromatic rings. The fourth-order valence-corrected chi connectivity index (χ4v) is 3.19. The normalized spacial score (nSPS) is 15.3. The third-order valence-corrected chi connectivity index (χ3v) is 4.51. The largest absolute Gasteiger partial charge is 0.478 e. The quantitative estimate of drug-likeness (QED) is 0.845. The number of carbonyl (C=O) groups is 3. The molecule has 1 aromatic heterocycles. The lowest BCUT2D eigenvalue weighted by Gasteiger charge is -2.32. The number of aryl methyl sites for hydroxylation is 1. The van der Waals surface area contributed by atoms with E-state index in [9.17, 15) is 14.4 Å². The second kappa shape index (κ2) is 7.49. The van der Waals surface area contributed by atoms with Gasteiger partial charge in [0, 0.05) is 13.1 Å². The first-order chi connectivity index (χ1) is 12.9. The maximum atomic E-state index is 12.5. The molecule has 7 heteroatoms. The van der Waals surface area contributed by atoms with Crippen molar-refractivity contribution in [2.24, 2.45) is 0 Å². The van der Waals surface area contributed by atoms with Crippen LogP contribution in [0.4, 0.5) is 0 Å². The average Bonchev–Trinajstić information content (AvgIpc) is 3.01. The number of benzene rings is 1. The van der Waals surface area contributed by atoms with Crippen LogP contribution in [0.1, 0.15) is 52.4 Å². The Balaban J connectivity index is 1.70. The molecule has 1 aliphatic rings. The lowest BCUT2D eigenvalue weighted by molar-refractivity contribution is -0.130. The topological polar surface area (TPSA) is 99.9 Å². The van der Waals surface area contributed by atoms with E-state index in [1.807, 2.05) is 30.3 Å². The van der Waals surface area contributed by atoms with Gasteiger partial charge in [-0.05, 0) is 30.2 Å². The summed E-state index contributed by atoms with van der Waals surface area (Å²) in [7, 11) is 0. The summed E-state index contributed by atoms with van der Waals surface area (Å²) < 4.78 is 5.36. The molecule has 0 spiro atoms. The highest BCUT2D eigenvalue weighted by atomic mass is 16.4. The van der Waals surface area contributed by atoms with Crippen LogP contribution in [-0.4, -0.2) is 27.8 Å². The zero-order valence-electron chi connectivity index (χ0n) is 15.1. The number of nitrogens with one attached hydrogen (secondary N) is 1. The number of carbonyl (C=O) groups excluding carboxylic acids is 2. The summed E-state index contributed by atoms with van der Waals surface area (Å²) in [5.74, 6) is -0.823. The smallest absolute Gasteiger partial charge is 0.339 e. The lowest BCUT2D eigenvalue weighted by atomic mass is 9.93. The first-order valence-electron chi connectivity index (χ1n) is 8.52. The van der Waals surface area contributed by atoms with Crippen molar-refractivity contribution in [3.63, 3.8) is 0 Å². The molecule has 0 radical (unpaired) electrons. The van der Waals surface area contributed by atoms with Gasteiger partial charge in [0.2, 0.25) is 11.8 Å². The highest BCUT2D eigenvalue weighted by molar-refractivity contribution is 5.88. The fraction of sp³-hybridized carbons (Fsp3) is 0.250. The van der Waals surface area contributed by atoms with Gasteiger partial charge in [-0.3, -0.25) is 9.59 Å². The van der Waals surface area contributed by atoms with Crippen LogP contribution in [0.3, 0.4) is 0 Å². The van der Waals surface area contributed by atoms with Gasteiger partial charge in [-0.15, -0.1) is 0 Å². The summed E-state index contributed by atoms with van der Waals surface area (Å²) in [6, 6.07) is 8.63. The van der Waals surface area contributed by atoms with Crippen molar-refractivity contribution in [2.75, 3.05) is 0 Å². The van der Waals surface area contributed by atoms with Crippen LogP contribution in [0.15, 0.2) is 40.9 Å². The van der Waals surface area contributed by atoms with Crippen LogP contribution in [0.2, 0.25) is 0 Å². The predicted octanol–water partition coefficient (Wildman–Crippen LogP) is 2.87. The molecule has 0 saturated carbocycles. The van der Waals surface area contributed by atoms with Gasteiger partial charge in [0.05, 0.1) is 19.0 Å². The first kappa shape index (κ1) is 18.4. The molecule has 1 aromatic carbocycles. The number of hydrogen-bond donors (Lipinski definition) is 2. The molecule has 0 aliphatic carbocycles. The second-order valence-electron chi connectivity index (χ2n) is 6.36. The standard InChI is InChI=1S/C20H20N2O5/c1-12-17(20(25)26)9-15(27-12)11-21-19(24)10-18-16-6-4-3-5-14(16)7-8-22(18)13(2)23/h3-9,18H,10-11H2,1-2H3,(H,21,24)(H,25,26). The van der Waals surface area contributed by atoms with Crippen molar-refractivity contribution >= 4 is 23.9 Å². The number of carboxylic acids is 1. The van der Waals surface area contributed by atoms with Crippen LogP contribution in [0.5, 0.6) is 0 Å². The van der Waals surface area contributed by atoms with E-state index in [0.717, 1.165) is 11.1 Å². The SMILES string of the molecule is CC(=O)N1C=Cc2ccccc2C1CC(=O)NCc1cc(C(=O)O)c(C)o1. The van der Waals surface area contributed by atoms with E-state index in [1.165, 1.54) is 13.0 Å². The van der Waals surface area contributed by atoms with E-state index in [4.69, 9.17) is 9.52 Å². The van der Waals surface area contributed by atoms with Gasteiger partial charge in [-0.25, -0.2) is 4.79 Å². The van der Waals surface area contributed by atoms with Crippen molar-refractivity contribution in [2.45, 2.75) is 32.9 Å². The molecule has 3 rings (SSSR count). The summed E-state index contributed by atoms with van der Waals surface area (Å²) in [6.07, 6.45) is 3.63. The Kier molecular flexibility index (Phi) is 5.12. The highest BCUT2D eigenvalue weighted by Crippen LogP contribution is 2.32. The molecule has 0 fully saturated rings. The summed E-state index contributed by atoms with van der Waals surface area (Å²) in [4.78, 5) is 37.0. The summed E-state index contributed by atoms with van der Waals surface area (Å²) in [5.41, 5.74) is 1.96. The Labute approximate surface area is 156 Å². The van der Waals surface area contributed by atoms with Crippen molar-refractivity contribution in [1.82, 2.24) is 10.2 Å². The summed E-state index contributed by atoms with van der Waals surface area (Å²) in [5, 5.41) is 11.8. The number of nitrogens with zero attached hydrogens (tertiary/aromatic N) is 1. The van der Waals surface area contributed by atoms with Crippen LogP contribution in [-0.2, 0) is 16.1 Å². The van der Waals surface area contributed by atoms with Crippen molar-refractivity contribution in [3.05, 3.63) is 64.7 Å². The lowest BCUT2D eigenvalue weighted by Crippen LogP contribution is -2.35. The molecule has 1 atom stereocenters. The molecular weight excluding hydrogens is 348 g/mol. The summed E-state index contributed by atoms with van der Waals surface area (Å²) in [6.45, 7) is 3.10. The molecule has 0 saturated heterocycles. The van der Waals surface area contributed by atoms with Crippen LogP contribution < -0.4 is 5.32 Å². The number of aromatic carboxylic acids is 1. The van der Waals surface area contributed by atoms with Crippen molar-refractivity contribution < 1.29 is 23.9 Å². The molecule has 0 bridgehead atoms. The van der Waals surface area contributed by atoms with Gasteiger partial charge in [-0.1, -0.05) is 24.3 Å². The van der Waals surface area contributed by atoms with E-state index in [2.05, 4.69) is 5.32 Å². The van der Waals surface area contributed by atoms with E-state index in [0.29, 0.717) is 11.5 Å². The van der Waals surface area contributed by atoms with Crippen LogP contribution in [0.25, 0.3) is 6.08 Å². The summed E-state index contributed by atoms with van der Waals surface area (Å²) >= 11 is 0. The van der Waals surface area contributed by atoms with Gasteiger partial charge < -0.3 is 19.7 Å². The van der Waals surface area contributed by atoms with E-state index < -0.39 is 12.0 Å². The molecular formula is C20H20N2O5. The Bertz CT molecular complexity index is 928. The predicted molar refractivity (Wildman–Crippen MR) is 97.6 cm³/mol. The molecule has 7 nitrogen and oxygen atoms in total. The number of rotatable bonds is 5. The average molecular weight is 368 g/mol. The number of furan rings is 1. The zero-order chi connectivity index (χ0) is 19.6. The fourth-order valence-electron chi connectivity index (χ4n) is 3.19. The van der Waals surface area contributed by atoms with Crippen molar-refractivity contribution in [3.8, 4) is 0 Å². The molecule has 2 N–H and O–H groups in total. The minimum absolute atomic E-state index is 0.0772.